The Kier molecular flexibility index (Phi) is 12.0. The minimum Gasteiger partial charge on any atom is -0.481 e. The maximum Gasteiger partial charge on any atom is 0.300 e. The number of rotatable bonds is 9. The van der Waals surface area contributed by atoms with Gasteiger partial charge in [-0.1, -0.05) is 55.2 Å². The number of amides is 2. The molecule has 0 radical (unpaired) electrons. The van der Waals surface area contributed by atoms with Crippen LogP contribution in [0.3, 0.4) is 0 Å². The second-order valence-electron chi connectivity index (χ2n) is 11.7. The molecule has 2 amide bonds. The molecular formula is C35H45N3O5. The van der Waals surface area contributed by atoms with Crippen LogP contribution in [0.2, 0.25) is 0 Å². The smallest absolute Gasteiger partial charge is 0.300 e. The summed E-state index contributed by atoms with van der Waals surface area (Å²) in [7, 11) is 0. The fraction of sp³-hybridized carbons (Fsp3) is 0.457. The van der Waals surface area contributed by atoms with Gasteiger partial charge in [-0.2, -0.15) is 0 Å². The Hall–Kier alpha value is -3.91. The van der Waals surface area contributed by atoms with Gasteiger partial charge >= 0.3 is 0 Å². The Morgan fingerprint density at radius 1 is 0.930 bits per heavy atom. The number of piperidine rings is 1. The lowest BCUT2D eigenvalue weighted by molar-refractivity contribution is -0.134. The predicted molar refractivity (Wildman–Crippen MR) is 169 cm³/mol. The van der Waals surface area contributed by atoms with Crippen LogP contribution in [0, 0.1) is 12.8 Å². The minimum atomic E-state index is -0.833. The number of likely N-dealkylation sites (tertiary alicyclic amines) is 1. The van der Waals surface area contributed by atoms with Gasteiger partial charge in [-0.05, 0) is 80.8 Å². The summed E-state index contributed by atoms with van der Waals surface area (Å²) in [5.41, 5.74) is 4.22. The van der Waals surface area contributed by atoms with Crippen LogP contribution in [0.1, 0.15) is 80.0 Å². The highest BCUT2D eigenvalue weighted by atomic mass is 16.4. The Bertz CT molecular complexity index is 1300. The molecule has 0 bridgehead atoms. The number of carbonyl (C=O) groups is 3. The summed E-state index contributed by atoms with van der Waals surface area (Å²) in [6, 6.07) is 20.0. The average Bonchev–Trinajstić information content (AvgIpc) is 3.54. The minimum absolute atomic E-state index is 0.0831. The van der Waals surface area contributed by atoms with Gasteiger partial charge in [0.15, 0.2) is 5.76 Å². The van der Waals surface area contributed by atoms with Crippen molar-refractivity contribution in [3.05, 3.63) is 83.8 Å². The lowest BCUT2D eigenvalue weighted by Crippen LogP contribution is -2.48. The average molecular weight is 588 g/mol. The largest absolute Gasteiger partial charge is 0.481 e. The van der Waals surface area contributed by atoms with Crippen LogP contribution in [0.15, 0.2) is 71.3 Å². The topological polar surface area (TPSA) is 103 Å². The van der Waals surface area contributed by atoms with Crippen molar-refractivity contribution in [1.82, 2.24) is 4.90 Å². The molecule has 1 saturated heterocycles. The standard InChI is InChI=1S/C33H41N3O3.C2H4O2/c1-25-13-15-28(16-14-25)36(33(38)31-12-7-23-39-31)29-18-21-35(22-19-29)20-17-27-10-5-6-11-30(27)34-32(37)24-26-8-3-2-4-9-26;1-2(3)4/h5-7,10-16,23,26,29H,2-4,8-9,17-22,24H2,1H3,(H,34,37);1H3,(H,3,4). The number of nitrogens with one attached hydrogen (secondary N) is 1. The van der Waals surface area contributed by atoms with E-state index < -0.39 is 5.97 Å². The van der Waals surface area contributed by atoms with Crippen molar-refractivity contribution in [2.75, 3.05) is 29.9 Å². The first kappa shape index (κ1) is 32.0. The predicted octanol–water partition coefficient (Wildman–Crippen LogP) is 6.94. The molecule has 1 aliphatic carbocycles. The van der Waals surface area contributed by atoms with Crippen LogP contribution in [0.5, 0.6) is 0 Å². The van der Waals surface area contributed by atoms with Gasteiger partial charge < -0.3 is 24.6 Å². The van der Waals surface area contributed by atoms with Crippen LogP contribution in [0.4, 0.5) is 11.4 Å². The molecule has 2 fully saturated rings. The second kappa shape index (κ2) is 16.1. The summed E-state index contributed by atoms with van der Waals surface area (Å²) >= 11 is 0. The number of benzene rings is 2. The number of nitrogens with zero attached hydrogens (tertiary/aromatic N) is 2. The zero-order chi connectivity index (χ0) is 30.6. The third kappa shape index (κ3) is 9.82. The van der Waals surface area contributed by atoms with Crippen molar-refractivity contribution in [3.8, 4) is 0 Å². The first-order valence-corrected chi connectivity index (χ1v) is 15.5. The quantitative estimate of drug-likeness (QED) is 0.281. The number of anilines is 2. The van der Waals surface area contributed by atoms with Gasteiger partial charge in [-0.25, -0.2) is 0 Å². The molecule has 5 rings (SSSR count). The van der Waals surface area contributed by atoms with Crippen LogP contribution in [-0.2, 0) is 16.0 Å². The van der Waals surface area contributed by atoms with E-state index in [9.17, 15) is 9.59 Å². The third-order valence-electron chi connectivity index (χ3n) is 8.37. The van der Waals surface area contributed by atoms with E-state index in [1.54, 1.807) is 18.4 Å². The maximum atomic E-state index is 13.4. The summed E-state index contributed by atoms with van der Waals surface area (Å²) in [4.78, 5) is 39.6. The molecule has 43 heavy (non-hydrogen) atoms. The fourth-order valence-electron chi connectivity index (χ4n) is 6.11. The Morgan fingerprint density at radius 2 is 1.60 bits per heavy atom. The lowest BCUT2D eigenvalue weighted by Gasteiger charge is -2.38. The molecule has 8 nitrogen and oxygen atoms in total. The Morgan fingerprint density at radius 3 is 2.26 bits per heavy atom. The highest BCUT2D eigenvalue weighted by Gasteiger charge is 2.31. The molecule has 0 unspecified atom stereocenters. The molecule has 1 aliphatic heterocycles. The number of para-hydroxylation sites is 1. The maximum absolute atomic E-state index is 13.4. The van der Waals surface area contributed by atoms with E-state index in [2.05, 4.69) is 41.4 Å². The number of aliphatic carboxylic acids is 1. The van der Waals surface area contributed by atoms with E-state index in [1.807, 2.05) is 29.2 Å². The van der Waals surface area contributed by atoms with Gasteiger partial charge in [0.05, 0.1) is 6.26 Å². The Labute approximate surface area is 255 Å². The summed E-state index contributed by atoms with van der Waals surface area (Å²) in [5.74, 6) is 0.138. The molecule has 8 heteroatoms. The summed E-state index contributed by atoms with van der Waals surface area (Å²) in [6.07, 6.45) is 11.1. The molecule has 0 atom stereocenters. The number of aryl methyl sites for hydroxylation is 1. The Balaban J connectivity index is 0.000000996. The monoisotopic (exact) mass is 587 g/mol. The van der Waals surface area contributed by atoms with Crippen molar-refractivity contribution in [2.24, 2.45) is 5.92 Å². The van der Waals surface area contributed by atoms with Gasteiger partial charge in [-0.3, -0.25) is 14.4 Å². The summed E-state index contributed by atoms with van der Waals surface area (Å²) < 4.78 is 5.47. The van der Waals surface area contributed by atoms with Gasteiger partial charge in [0.25, 0.3) is 11.9 Å². The number of hydrogen-bond donors (Lipinski definition) is 2. The molecule has 2 aliphatic rings. The zero-order valence-corrected chi connectivity index (χ0v) is 25.5. The van der Waals surface area contributed by atoms with Gasteiger partial charge in [0, 0.05) is 50.4 Å². The molecule has 230 valence electrons. The van der Waals surface area contributed by atoms with Crippen LogP contribution in [-0.4, -0.2) is 53.5 Å². The highest BCUT2D eigenvalue weighted by molar-refractivity contribution is 6.04. The van der Waals surface area contributed by atoms with Crippen molar-refractivity contribution in [3.63, 3.8) is 0 Å². The number of carboxylic acids is 1. The number of carboxylic acid groups (broad SMARTS) is 1. The molecule has 2 N–H and O–H groups in total. The van der Waals surface area contributed by atoms with E-state index >= 15 is 0 Å². The molecule has 2 aromatic carbocycles. The molecule has 2 heterocycles. The van der Waals surface area contributed by atoms with E-state index in [1.165, 1.54) is 43.2 Å². The van der Waals surface area contributed by atoms with Crippen molar-refractivity contribution < 1.29 is 23.9 Å². The van der Waals surface area contributed by atoms with E-state index in [0.717, 1.165) is 57.2 Å². The highest BCUT2D eigenvalue weighted by Crippen LogP contribution is 2.28. The molecule has 1 aromatic heterocycles. The van der Waals surface area contributed by atoms with Crippen molar-refractivity contribution in [2.45, 2.75) is 77.7 Å². The van der Waals surface area contributed by atoms with E-state index in [-0.39, 0.29) is 17.9 Å². The third-order valence-corrected chi connectivity index (χ3v) is 8.37. The first-order valence-electron chi connectivity index (χ1n) is 15.5. The van der Waals surface area contributed by atoms with Gasteiger partial charge in [0.1, 0.15) is 0 Å². The molecule has 3 aromatic rings. The van der Waals surface area contributed by atoms with Crippen LogP contribution >= 0.6 is 0 Å². The lowest BCUT2D eigenvalue weighted by atomic mass is 9.87. The number of hydrogen-bond acceptors (Lipinski definition) is 5. The SMILES string of the molecule is CC(=O)O.Cc1ccc(N(C(=O)c2ccco2)C2CCN(CCc3ccccc3NC(=O)CC3CCCCC3)CC2)cc1. The van der Waals surface area contributed by atoms with E-state index in [0.29, 0.717) is 18.1 Å². The van der Waals surface area contributed by atoms with E-state index in [4.69, 9.17) is 14.3 Å². The number of furan rings is 1. The summed E-state index contributed by atoms with van der Waals surface area (Å²) in [6.45, 7) is 5.92. The molecular weight excluding hydrogens is 542 g/mol. The second-order valence-corrected chi connectivity index (χ2v) is 11.7. The fourth-order valence-corrected chi connectivity index (χ4v) is 6.11. The van der Waals surface area contributed by atoms with Gasteiger partial charge in [-0.15, -0.1) is 0 Å². The number of carbonyl (C=O) groups excluding carboxylic acids is 2. The van der Waals surface area contributed by atoms with Crippen molar-refractivity contribution in [1.29, 1.82) is 0 Å². The van der Waals surface area contributed by atoms with Crippen LogP contribution < -0.4 is 10.2 Å². The molecule has 0 spiro atoms. The van der Waals surface area contributed by atoms with Crippen LogP contribution in [0.25, 0.3) is 0 Å². The van der Waals surface area contributed by atoms with Crippen molar-refractivity contribution >= 4 is 29.2 Å². The first-order chi connectivity index (χ1) is 20.8. The normalized spacial score (nSPS) is 16.1. The summed E-state index contributed by atoms with van der Waals surface area (Å²) in [5, 5.41) is 10.6. The molecule has 1 saturated carbocycles. The van der Waals surface area contributed by atoms with Gasteiger partial charge in [0.2, 0.25) is 5.91 Å². The zero-order valence-electron chi connectivity index (χ0n) is 25.5.